The topological polar surface area (TPSA) is 57.1 Å². The Bertz CT molecular complexity index is 1030. The smallest absolute Gasteiger partial charge is 0.489 e. The van der Waals surface area contributed by atoms with Gasteiger partial charge in [0.15, 0.2) is 0 Å². The van der Waals surface area contributed by atoms with Crippen LogP contribution in [0.5, 0.6) is 5.75 Å². The first kappa shape index (κ1) is 19.6. The largest absolute Gasteiger partial charge is 0.498 e. The van der Waals surface area contributed by atoms with Crippen LogP contribution in [0.25, 0.3) is 10.8 Å². The van der Waals surface area contributed by atoms with Gasteiger partial charge in [-0.3, -0.25) is 0 Å². The lowest BCUT2D eigenvalue weighted by molar-refractivity contribution is 0.00578. The van der Waals surface area contributed by atoms with Gasteiger partial charge in [-0.1, -0.05) is 42.5 Å². The zero-order chi connectivity index (χ0) is 20.6. The van der Waals surface area contributed by atoms with E-state index in [0.29, 0.717) is 18.0 Å². The molecular formula is C23H24BNO4. The average molecular weight is 389 g/mol. The van der Waals surface area contributed by atoms with E-state index in [1.54, 1.807) is 12.1 Å². The minimum atomic E-state index is -0.543. The zero-order valence-corrected chi connectivity index (χ0v) is 17.1. The van der Waals surface area contributed by atoms with Crippen LogP contribution < -0.4 is 10.2 Å². The highest BCUT2D eigenvalue weighted by Crippen LogP contribution is 2.38. The highest BCUT2D eigenvalue weighted by molar-refractivity contribution is 6.63. The molecule has 148 valence electrons. The molecule has 1 saturated heterocycles. The summed E-state index contributed by atoms with van der Waals surface area (Å²) in [5.41, 5.74) is 1.38. The Morgan fingerprint density at radius 1 is 0.897 bits per heavy atom. The van der Waals surface area contributed by atoms with Gasteiger partial charge in [0.05, 0.1) is 11.2 Å². The maximum absolute atomic E-state index is 10.9. The fourth-order valence-corrected chi connectivity index (χ4v) is 3.35. The van der Waals surface area contributed by atoms with Gasteiger partial charge in [-0.15, -0.1) is 4.91 Å². The number of nitroso groups, excluding NO2 is 1. The monoisotopic (exact) mass is 389 g/mol. The van der Waals surface area contributed by atoms with E-state index < -0.39 is 18.3 Å². The summed E-state index contributed by atoms with van der Waals surface area (Å²) >= 11 is 0. The van der Waals surface area contributed by atoms with Crippen molar-refractivity contribution in [1.29, 1.82) is 0 Å². The van der Waals surface area contributed by atoms with Crippen LogP contribution in [0, 0.1) is 4.91 Å². The molecule has 0 aromatic heterocycles. The van der Waals surface area contributed by atoms with Crippen molar-refractivity contribution >= 4 is 29.0 Å². The summed E-state index contributed by atoms with van der Waals surface area (Å²) in [4.78, 5) is 10.9. The molecule has 4 rings (SSSR count). The molecule has 6 heteroatoms. The van der Waals surface area contributed by atoms with Gasteiger partial charge in [0.1, 0.15) is 18.0 Å². The van der Waals surface area contributed by atoms with Gasteiger partial charge in [0.2, 0.25) is 0 Å². The predicted molar refractivity (Wildman–Crippen MR) is 116 cm³/mol. The predicted octanol–water partition coefficient (Wildman–Crippen LogP) is 5.12. The highest BCUT2D eigenvalue weighted by atomic mass is 16.7. The van der Waals surface area contributed by atoms with Crippen LogP contribution in [0.1, 0.15) is 33.3 Å². The Kier molecular flexibility index (Phi) is 4.93. The SMILES string of the molecule is CC1(C)OB(c2cc3ccc(N=O)cc3cc2OCc2ccccc2)OC1(C)C. The molecule has 1 aliphatic heterocycles. The molecule has 1 aliphatic rings. The van der Waals surface area contributed by atoms with Crippen molar-refractivity contribution in [3.8, 4) is 5.75 Å². The minimum absolute atomic E-state index is 0.384. The summed E-state index contributed by atoms with van der Waals surface area (Å²) in [6.45, 7) is 8.53. The second-order valence-corrected chi connectivity index (χ2v) is 8.38. The summed E-state index contributed by atoms with van der Waals surface area (Å²) < 4.78 is 18.7. The number of rotatable bonds is 5. The number of nitrogens with zero attached hydrogens (tertiary/aromatic N) is 1. The van der Waals surface area contributed by atoms with E-state index in [1.807, 2.05) is 76.2 Å². The van der Waals surface area contributed by atoms with Crippen LogP contribution in [0.4, 0.5) is 5.69 Å². The molecule has 0 N–H and O–H groups in total. The molecule has 0 spiro atoms. The fourth-order valence-electron chi connectivity index (χ4n) is 3.35. The Morgan fingerprint density at radius 2 is 1.59 bits per heavy atom. The molecule has 0 saturated carbocycles. The maximum atomic E-state index is 10.9. The van der Waals surface area contributed by atoms with E-state index in [9.17, 15) is 4.91 Å². The number of hydrogen-bond donors (Lipinski definition) is 0. The van der Waals surface area contributed by atoms with Gasteiger partial charge in [0.25, 0.3) is 0 Å². The van der Waals surface area contributed by atoms with Crippen LogP contribution in [0.3, 0.4) is 0 Å². The highest BCUT2D eigenvalue weighted by Gasteiger charge is 2.52. The third-order valence-corrected chi connectivity index (χ3v) is 5.80. The molecule has 0 radical (unpaired) electrons. The Hall–Kier alpha value is -2.70. The first-order valence-corrected chi connectivity index (χ1v) is 9.72. The van der Waals surface area contributed by atoms with Crippen molar-refractivity contribution in [2.45, 2.75) is 45.5 Å². The van der Waals surface area contributed by atoms with Gasteiger partial charge >= 0.3 is 7.12 Å². The van der Waals surface area contributed by atoms with Crippen molar-refractivity contribution in [2.75, 3.05) is 0 Å². The summed E-state index contributed by atoms with van der Waals surface area (Å²) in [6.07, 6.45) is 0. The molecule has 0 unspecified atom stereocenters. The Morgan fingerprint density at radius 3 is 2.24 bits per heavy atom. The third-order valence-electron chi connectivity index (χ3n) is 5.80. The second-order valence-electron chi connectivity index (χ2n) is 8.38. The minimum Gasteiger partial charge on any atom is -0.489 e. The van der Waals surface area contributed by atoms with Gasteiger partial charge in [0, 0.05) is 5.46 Å². The summed E-state index contributed by atoms with van der Waals surface area (Å²) in [5, 5.41) is 4.89. The van der Waals surface area contributed by atoms with Crippen molar-refractivity contribution in [3.05, 3.63) is 71.1 Å². The molecule has 29 heavy (non-hydrogen) atoms. The van der Waals surface area contributed by atoms with E-state index in [0.717, 1.165) is 21.8 Å². The molecule has 1 heterocycles. The van der Waals surface area contributed by atoms with Crippen LogP contribution in [0.2, 0.25) is 0 Å². The maximum Gasteiger partial charge on any atom is 0.498 e. The molecule has 0 aliphatic carbocycles. The summed E-state index contributed by atoms with van der Waals surface area (Å²) in [7, 11) is -0.543. The quantitative estimate of drug-likeness (QED) is 0.449. The number of fused-ring (bicyclic) bond motifs is 1. The van der Waals surface area contributed by atoms with E-state index in [4.69, 9.17) is 14.0 Å². The molecule has 0 amide bonds. The Balaban J connectivity index is 1.75. The van der Waals surface area contributed by atoms with E-state index in [1.165, 1.54) is 0 Å². The lowest BCUT2D eigenvalue weighted by atomic mass is 9.77. The van der Waals surface area contributed by atoms with Gasteiger partial charge in [-0.2, -0.15) is 0 Å². The van der Waals surface area contributed by atoms with Gasteiger partial charge in [-0.25, -0.2) is 0 Å². The van der Waals surface area contributed by atoms with E-state index >= 15 is 0 Å². The number of hydrogen-bond acceptors (Lipinski definition) is 5. The first-order chi connectivity index (χ1) is 13.8. The number of benzene rings is 3. The third kappa shape index (κ3) is 3.78. The average Bonchev–Trinajstić information content (AvgIpc) is 2.93. The molecule has 0 atom stereocenters. The standard InChI is InChI=1S/C23H24BNO4/c1-22(2)23(3,4)29-24(28-22)20-13-17-10-11-19(25-26)12-18(17)14-21(20)27-15-16-8-6-5-7-9-16/h5-14H,15H2,1-4H3. The molecule has 3 aromatic carbocycles. The second kappa shape index (κ2) is 7.28. The van der Waals surface area contributed by atoms with E-state index in [-0.39, 0.29) is 0 Å². The van der Waals surface area contributed by atoms with Gasteiger partial charge < -0.3 is 14.0 Å². The van der Waals surface area contributed by atoms with Crippen molar-refractivity contribution in [1.82, 2.24) is 0 Å². The lowest BCUT2D eigenvalue weighted by Crippen LogP contribution is -2.41. The van der Waals surface area contributed by atoms with Crippen molar-refractivity contribution < 1.29 is 14.0 Å². The molecule has 1 fully saturated rings. The molecule has 3 aromatic rings. The normalized spacial score (nSPS) is 17.4. The zero-order valence-electron chi connectivity index (χ0n) is 17.1. The van der Waals surface area contributed by atoms with Crippen LogP contribution in [-0.4, -0.2) is 18.3 Å². The van der Waals surface area contributed by atoms with Gasteiger partial charge in [-0.05, 0) is 67.4 Å². The Labute approximate surface area is 171 Å². The fraction of sp³-hybridized carbons (Fsp3) is 0.304. The van der Waals surface area contributed by atoms with Crippen LogP contribution in [0.15, 0.2) is 65.8 Å². The summed E-state index contributed by atoms with van der Waals surface area (Å²) in [6, 6.07) is 19.2. The van der Waals surface area contributed by atoms with E-state index in [2.05, 4.69) is 5.18 Å². The van der Waals surface area contributed by atoms with Crippen LogP contribution in [-0.2, 0) is 15.9 Å². The molecule has 0 bridgehead atoms. The molecule has 5 nitrogen and oxygen atoms in total. The summed E-state index contributed by atoms with van der Waals surface area (Å²) in [5.74, 6) is 0.669. The van der Waals surface area contributed by atoms with Crippen molar-refractivity contribution in [2.24, 2.45) is 5.18 Å². The van der Waals surface area contributed by atoms with Crippen molar-refractivity contribution in [3.63, 3.8) is 0 Å². The molecular weight excluding hydrogens is 365 g/mol. The lowest BCUT2D eigenvalue weighted by Gasteiger charge is -2.32. The van der Waals surface area contributed by atoms with Crippen LogP contribution >= 0.6 is 0 Å². The number of ether oxygens (including phenoxy) is 1. The first-order valence-electron chi connectivity index (χ1n) is 9.72.